The van der Waals surface area contributed by atoms with Gasteiger partial charge in [-0.25, -0.2) is 0 Å². The lowest BCUT2D eigenvalue weighted by atomic mass is 10.0. The van der Waals surface area contributed by atoms with Crippen molar-refractivity contribution in [3.63, 3.8) is 0 Å². The van der Waals surface area contributed by atoms with Crippen LogP contribution in [0.3, 0.4) is 0 Å². The Balaban J connectivity index is 0.00000242. The van der Waals surface area contributed by atoms with Crippen molar-refractivity contribution in [2.75, 3.05) is 20.3 Å². The maximum atomic E-state index is 12.6. The first kappa shape index (κ1) is 19.2. The van der Waals surface area contributed by atoms with Crippen LogP contribution in [0, 0.1) is 0 Å². The number of ether oxygens (including phenoxy) is 1. The van der Waals surface area contributed by atoms with E-state index in [9.17, 15) is 4.79 Å². The van der Waals surface area contributed by atoms with Crippen LogP contribution in [0.5, 0.6) is 0 Å². The molecule has 2 atom stereocenters. The Kier molecular flexibility index (Phi) is 8.18. The molecule has 6 heteroatoms. The molecule has 2 N–H and O–H groups in total. The van der Waals surface area contributed by atoms with Gasteiger partial charge in [0.05, 0.1) is 12.6 Å². The number of benzene rings is 1. The van der Waals surface area contributed by atoms with Crippen molar-refractivity contribution in [2.24, 2.45) is 5.73 Å². The van der Waals surface area contributed by atoms with Crippen molar-refractivity contribution in [3.05, 3.63) is 34.9 Å². The summed E-state index contributed by atoms with van der Waals surface area (Å²) in [6, 6.07) is 7.24. The number of carbonyl (C=O) groups excluding carboxylic acids is 1. The zero-order chi connectivity index (χ0) is 15.2. The van der Waals surface area contributed by atoms with Gasteiger partial charge in [-0.05, 0) is 30.5 Å². The molecule has 0 bridgehead atoms. The summed E-state index contributed by atoms with van der Waals surface area (Å²) in [5, 5.41) is 0.710. The third-order valence-electron chi connectivity index (χ3n) is 3.95. The molecule has 1 saturated heterocycles. The summed E-state index contributed by atoms with van der Waals surface area (Å²) in [4.78, 5) is 14.5. The number of rotatable bonds is 4. The summed E-state index contributed by atoms with van der Waals surface area (Å²) >= 11 is 5.96. The molecule has 0 saturated carbocycles. The second-order valence-electron chi connectivity index (χ2n) is 5.51. The van der Waals surface area contributed by atoms with Crippen LogP contribution in [-0.4, -0.2) is 37.1 Å². The summed E-state index contributed by atoms with van der Waals surface area (Å²) in [5.41, 5.74) is 7.06. The number of amides is 1. The van der Waals surface area contributed by atoms with Crippen LogP contribution in [0.2, 0.25) is 5.02 Å². The highest BCUT2D eigenvalue weighted by Gasteiger charge is 2.29. The van der Waals surface area contributed by atoms with Gasteiger partial charge in [-0.3, -0.25) is 4.79 Å². The van der Waals surface area contributed by atoms with Crippen molar-refractivity contribution in [1.82, 2.24) is 4.90 Å². The molecular formula is C16H24Cl2N2O2. The van der Waals surface area contributed by atoms with Gasteiger partial charge in [-0.1, -0.05) is 36.6 Å². The van der Waals surface area contributed by atoms with Gasteiger partial charge in [0, 0.05) is 18.7 Å². The lowest BCUT2D eigenvalue weighted by Crippen LogP contribution is -2.47. The zero-order valence-corrected chi connectivity index (χ0v) is 14.4. The fraction of sp³-hybridized carbons (Fsp3) is 0.562. The predicted molar refractivity (Wildman–Crippen MR) is 91.5 cm³/mol. The molecule has 22 heavy (non-hydrogen) atoms. The molecule has 4 nitrogen and oxygen atoms in total. The maximum absolute atomic E-state index is 12.6. The lowest BCUT2D eigenvalue weighted by Gasteiger charge is -2.32. The monoisotopic (exact) mass is 346 g/mol. The van der Waals surface area contributed by atoms with Crippen molar-refractivity contribution in [1.29, 1.82) is 0 Å². The van der Waals surface area contributed by atoms with Gasteiger partial charge in [0.1, 0.15) is 6.04 Å². The molecule has 0 aliphatic carbocycles. The van der Waals surface area contributed by atoms with Gasteiger partial charge in [0.15, 0.2) is 0 Å². The van der Waals surface area contributed by atoms with Gasteiger partial charge in [-0.2, -0.15) is 0 Å². The van der Waals surface area contributed by atoms with Gasteiger partial charge < -0.3 is 15.4 Å². The van der Waals surface area contributed by atoms with E-state index in [1.807, 2.05) is 29.2 Å². The summed E-state index contributed by atoms with van der Waals surface area (Å²) in [5.74, 6) is -0.0290. The zero-order valence-electron chi connectivity index (χ0n) is 12.8. The number of hydrogen-bond donors (Lipinski definition) is 1. The molecule has 1 aliphatic heterocycles. The molecular weight excluding hydrogens is 323 g/mol. The molecule has 1 fully saturated rings. The largest absolute Gasteiger partial charge is 0.383 e. The number of methoxy groups -OCH3 is 1. The first-order chi connectivity index (χ1) is 10.1. The highest BCUT2D eigenvalue weighted by atomic mass is 35.5. The van der Waals surface area contributed by atoms with Gasteiger partial charge >= 0.3 is 0 Å². The van der Waals surface area contributed by atoms with Gasteiger partial charge in [0.25, 0.3) is 0 Å². The molecule has 1 aliphatic rings. The van der Waals surface area contributed by atoms with Crippen LogP contribution in [-0.2, 0) is 9.53 Å². The molecule has 2 unspecified atom stereocenters. The summed E-state index contributed by atoms with van der Waals surface area (Å²) in [6.07, 6.45) is 4.26. The van der Waals surface area contributed by atoms with Crippen molar-refractivity contribution in [2.45, 2.75) is 37.8 Å². The number of halogens is 2. The Morgan fingerprint density at radius 3 is 2.68 bits per heavy atom. The number of nitrogens with two attached hydrogens (primary N) is 1. The minimum absolute atomic E-state index is 0. The van der Waals surface area contributed by atoms with Gasteiger partial charge in [-0.15, -0.1) is 12.4 Å². The quantitative estimate of drug-likeness (QED) is 0.910. The Hall–Kier alpha value is -0.810. The smallest absolute Gasteiger partial charge is 0.242 e. The third kappa shape index (κ3) is 4.85. The maximum Gasteiger partial charge on any atom is 0.242 e. The SMILES string of the molecule is COCC(N)C(=O)N1CCCCCC1c1ccc(Cl)cc1.Cl. The van der Waals surface area contributed by atoms with E-state index in [0.29, 0.717) is 5.02 Å². The van der Waals surface area contributed by atoms with E-state index in [1.54, 1.807) is 7.11 Å². The number of carbonyl (C=O) groups is 1. The van der Waals surface area contributed by atoms with Crippen LogP contribution in [0.15, 0.2) is 24.3 Å². The van der Waals surface area contributed by atoms with Crippen LogP contribution in [0.4, 0.5) is 0 Å². The van der Waals surface area contributed by atoms with E-state index in [0.717, 1.165) is 37.8 Å². The first-order valence-electron chi connectivity index (χ1n) is 7.44. The molecule has 1 heterocycles. The fourth-order valence-corrected chi connectivity index (χ4v) is 2.99. The van der Waals surface area contributed by atoms with E-state index >= 15 is 0 Å². The van der Waals surface area contributed by atoms with Crippen LogP contribution in [0.25, 0.3) is 0 Å². The average molecular weight is 347 g/mol. The summed E-state index contributed by atoms with van der Waals surface area (Å²) in [7, 11) is 1.56. The molecule has 1 aromatic carbocycles. The Morgan fingerprint density at radius 1 is 1.36 bits per heavy atom. The normalized spacial score (nSPS) is 20.0. The van der Waals surface area contributed by atoms with E-state index in [4.69, 9.17) is 22.1 Å². The van der Waals surface area contributed by atoms with Crippen molar-refractivity contribution in [3.8, 4) is 0 Å². The average Bonchev–Trinajstić information content (AvgIpc) is 2.73. The summed E-state index contributed by atoms with van der Waals surface area (Å²) in [6.45, 7) is 1.01. The van der Waals surface area contributed by atoms with E-state index in [2.05, 4.69) is 0 Å². The fourth-order valence-electron chi connectivity index (χ4n) is 2.87. The van der Waals surface area contributed by atoms with E-state index in [-0.39, 0.29) is 31.0 Å². The Bertz CT molecular complexity index is 468. The standard InChI is InChI=1S/C16H23ClN2O2.ClH/c1-21-11-14(18)16(20)19-10-4-2-3-5-15(19)12-6-8-13(17)9-7-12;/h6-9,14-15H,2-5,10-11,18H2,1H3;1H. The van der Waals surface area contributed by atoms with Crippen LogP contribution >= 0.6 is 24.0 Å². The van der Waals surface area contributed by atoms with Crippen molar-refractivity contribution < 1.29 is 9.53 Å². The van der Waals surface area contributed by atoms with Crippen LogP contribution < -0.4 is 5.73 Å². The van der Waals surface area contributed by atoms with Crippen molar-refractivity contribution >= 4 is 29.9 Å². The number of nitrogens with zero attached hydrogens (tertiary/aromatic N) is 1. The predicted octanol–water partition coefficient (Wildman–Crippen LogP) is 3.18. The highest BCUT2D eigenvalue weighted by Crippen LogP contribution is 2.31. The molecule has 2 rings (SSSR count). The lowest BCUT2D eigenvalue weighted by molar-refractivity contribution is -0.136. The Labute approximate surface area is 143 Å². The molecule has 0 spiro atoms. The topological polar surface area (TPSA) is 55.6 Å². The molecule has 124 valence electrons. The van der Waals surface area contributed by atoms with E-state index < -0.39 is 6.04 Å². The molecule has 1 amide bonds. The molecule has 0 radical (unpaired) electrons. The van der Waals surface area contributed by atoms with Crippen LogP contribution in [0.1, 0.15) is 37.3 Å². The second kappa shape index (κ2) is 9.36. The molecule has 0 aromatic heterocycles. The second-order valence-corrected chi connectivity index (χ2v) is 5.95. The highest BCUT2D eigenvalue weighted by molar-refractivity contribution is 6.30. The Morgan fingerprint density at radius 2 is 2.05 bits per heavy atom. The first-order valence-corrected chi connectivity index (χ1v) is 7.81. The minimum atomic E-state index is -0.595. The third-order valence-corrected chi connectivity index (χ3v) is 4.21. The van der Waals surface area contributed by atoms with Gasteiger partial charge in [0.2, 0.25) is 5.91 Å². The number of hydrogen-bond acceptors (Lipinski definition) is 3. The molecule has 1 aromatic rings. The number of likely N-dealkylation sites (tertiary alicyclic amines) is 1. The summed E-state index contributed by atoms with van der Waals surface area (Å²) < 4.78 is 5.01. The van der Waals surface area contributed by atoms with E-state index in [1.165, 1.54) is 0 Å². The minimum Gasteiger partial charge on any atom is -0.383 e.